The smallest absolute Gasteiger partial charge is 0.131 e. The van der Waals surface area contributed by atoms with Crippen LogP contribution in [0.5, 0.6) is 5.75 Å². The van der Waals surface area contributed by atoms with Gasteiger partial charge in [0.2, 0.25) is 0 Å². The van der Waals surface area contributed by atoms with Crippen LogP contribution < -0.4 is 10.5 Å². The van der Waals surface area contributed by atoms with E-state index in [-0.39, 0.29) is 11.9 Å². The van der Waals surface area contributed by atoms with Gasteiger partial charge >= 0.3 is 0 Å². The van der Waals surface area contributed by atoms with Gasteiger partial charge in [-0.15, -0.1) is 0 Å². The number of fused-ring (bicyclic) bond motifs is 1. The lowest BCUT2D eigenvalue weighted by atomic mass is 9.89. The van der Waals surface area contributed by atoms with E-state index < -0.39 is 5.60 Å². The molecule has 17 heavy (non-hydrogen) atoms. The zero-order valence-electron chi connectivity index (χ0n) is 10.2. The van der Waals surface area contributed by atoms with Crippen LogP contribution in [0.1, 0.15) is 31.9 Å². The number of hydrogen-bond donors (Lipinski definition) is 1. The van der Waals surface area contributed by atoms with Gasteiger partial charge in [-0.1, -0.05) is 0 Å². The van der Waals surface area contributed by atoms with Crippen LogP contribution in [0.4, 0.5) is 4.39 Å². The Morgan fingerprint density at radius 1 is 1.59 bits per heavy atom. The average Bonchev–Trinajstić information content (AvgIpc) is 2.28. The Labute approximate surface area is 101 Å². The second-order valence-corrected chi connectivity index (χ2v) is 4.68. The molecule has 4 heteroatoms. The highest BCUT2D eigenvalue weighted by atomic mass is 19.1. The van der Waals surface area contributed by atoms with Crippen LogP contribution in [0.3, 0.4) is 0 Å². The fourth-order valence-corrected chi connectivity index (χ4v) is 2.19. The van der Waals surface area contributed by atoms with Crippen molar-refractivity contribution in [3.8, 4) is 5.75 Å². The third-order valence-electron chi connectivity index (χ3n) is 2.99. The first-order chi connectivity index (χ1) is 8.04. The summed E-state index contributed by atoms with van der Waals surface area (Å²) in [7, 11) is 0. The molecule has 1 heterocycles. The summed E-state index contributed by atoms with van der Waals surface area (Å²) in [5.74, 6) is 0.378. The van der Waals surface area contributed by atoms with Crippen molar-refractivity contribution >= 4 is 0 Å². The van der Waals surface area contributed by atoms with Gasteiger partial charge in [0.05, 0.1) is 6.61 Å². The quantitative estimate of drug-likeness (QED) is 0.881. The zero-order chi connectivity index (χ0) is 12.5. The van der Waals surface area contributed by atoms with Crippen LogP contribution in [0.15, 0.2) is 18.2 Å². The fourth-order valence-electron chi connectivity index (χ4n) is 2.19. The van der Waals surface area contributed by atoms with Crippen molar-refractivity contribution in [3.63, 3.8) is 0 Å². The van der Waals surface area contributed by atoms with Crippen LogP contribution >= 0.6 is 0 Å². The Morgan fingerprint density at radius 3 is 3.06 bits per heavy atom. The average molecular weight is 239 g/mol. The summed E-state index contributed by atoms with van der Waals surface area (Å²) in [4.78, 5) is 0. The standard InChI is InChI=1S/C13H18FNO2/c1-3-16-8-13(2)7-11(15)10-6-9(14)4-5-12(10)17-13/h4-6,11H,3,7-8,15H2,1-2H3/t11-,13?/m0/s1. The number of nitrogens with two attached hydrogens (primary N) is 1. The molecule has 2 rings (SSSR count). The molecule has 2 atom stereocenters. The summed E-state index contributed by atoms with van der Waals surface area (Å²) in [5.41, 5.74) is 6.37. The Kier molecular flexibility index (Phi) is 3.35. The Morgan fingerprint density at radius 2 is 2.35 bits per heavy atom. The first kappa shape index (κ1) is 12.3. The molecule has 0 aromatic heterocycles. The molecule has 1 aliphatic rings. The highest BCUT2D eigenvalue weighted by molar-refractivity contribution is 5.39. The Hall–Kier alpha value is -1.13. The zero-order valence-corrected chi connectivity index (χ0v) is 10.2. The first-order valence-electron chi connectivity index (χ1n) is 5.86. The monoisotopic (exact) mass is 239 g/mol. The van der Waals surface area contributed by atoms with E-state index in [0.717, 1.165) is 5.56 Å². The van der Waals surface area contributed by atoms with E-state index in [4.69, 9.17) is 15.2 Å². The molecule has 1 aromatic carbocycles. The van der Waals surface area contributed by atoms with E-state index >= 15 is 0 Å². The summed E-state index contributed by atoms with van der Waals surface area (Å²) in [5, 5.41) is 0. The minimum Gasteiger partial charge on any atom is -0.485 e. The Balaban J connectivity index is 2.23. The van der Waals surface area contributed by atoms with Crippen molar-refractivity contribution in [2.75, 3.05) is 13.2 Å². The first-order valence-corrected chi connectivity index (χ1v) is 5.86. The predicted octanol–water partition coefficient (Wildman–Crippen LogP) is 2.40. The molecule has 1 aromatic rings. The molecular weight excluding hydrogens is 221 g/mol. The van der Waals surface area contributed by atoms with Crippen molar-refractivity contribution in [1.82, 2.24) is 0 Å². The molecule has 1 unspecified atom stereocenters. The van der Waals surface area contributed by atoms with Gasteiger partial charge in [0, 0.05) is 24.6 Å². The van der Waals surface area contributed by atoms with Gasteiger partial charge in [-0.3, -0.25) is 0 Å². The lowest BCUT2D eigenvalue weighted by Gasteiger charge is -2.38. The molecule has 1 aliphatic heterocycles. The Bertz CT molecular complexity index is 410. The summed E-state index contributed by atoms with van der Waals surface area (Å²) < 4.78 is 24.4. The van der Waals surface area contributed by atoms with E-state index in [1.54, 1.807) is 6.07 Å². The van der Waals surface area contributed by atoms with Gasteiger partial charge < -0.3 is 15.2 Å². The minimum atomic E-state index is -0.430. The SMILES string of the molecule is CCOCC1(C)C[C@H](N)c2cc(F)ccc2O1. The van der Waals surface area contributed by atoms with E-state index in [1.165, 1.54) is 12.1 Å². The second-order valence-electron chi connectivity index (χ2n) is 4.68. The van der Waals surface area contributed by atoms with Gasteiger partial charge in [-0.05, 0) is 32.0 Å². The largest absolute Gasteiger partial charge is 0.485 e. The maximum Gasteiger partial charge on any atom is 0.131 e. The molecule has 0 aliphatic carbocycles. The van der Waals surface area contributed by atoms with Crippen LogP contribution in [0.25, 0.3) is 0 Å². The molecule has 0 spiro atoms. The molecular formula is C13H18FNO2. The summed E-state index contributed by atoms with van der Waals surface area (Å²) in [6.45, 7) is 5.04. The van der Waals surface area contributed by atoms with Gasteiger partial charge in [0.15, 0.2) is 0 Å². The second kappa shape index (κ2) is 4.63. The normalized spacial score (nSPS) is 27.4. The molecule has 0 bridgehead atoms. The predicted molar refractivity (Wildman–Crippen MR) is 63.5 cm³/mol. The highest BCUT2D eigenvalue weighted by Gasteiger charge is 2.36. The maximum absolute atomic E-state index is 13.1. The van der Waals surface area contributed by atoms with Crippen molar-refractivity contribution in [3.05, 3.63) is 29.6 Å². The van der Waals surface area contributed by atoms with E-state index in [9.17, 15) is 4.39 Å². The van der Waals surface area contributed by atoms with Crippen molar-refractivity contribution < 1.29 is 13.9 Å². The third-order valence-corrected chi connectivity index (χ3v) is 2.99. The van der Waals surface area contributed by atoms with Crippen LogP contribution in [-0.2, 0) is 4.74 Å². The minimum absolute atomic E-state index is 0.208. The fraction of sp³-hybridized carbons (Fsp3) is 0.538. The molecule has 0 saturated heterocycles. The summed E-state index contributed by atoms with van der Waals surface area (Å²) >= 11 is 0. The van der Waals surface area contributed by atoms with Crippen LogP contribution in [0, 0.1) is 5.82 Å². The van der Waals surface area contributed by atoms with Crippen LogP contribution in [0.2, 0.25) is 0 Å². The number of hydrogen-bond acceptors (Lipinski definition) is 3. The molecule has 0 amide bonds. The lowest BCUT2D eigenvalue weighted by molar-refractivity contribution is -0.0303. The maximum atomic E-state index is 13.1. The molecule has 0 radical (unpaired) electrons. The van der Waals surface area contributed by atoms with Crippen molar-refractivity contribution in [2.45, 2.75) is 31.9 Å². The molecule has 0 fully saturated rings. The number of ether oxygens (including phenoxy) is 2. The number of benzene rings is 1. The lowest BCUT2D eigenvalue weighted by Crippen LogP contribution is -2.44. The van der Waals surface area contributed by atoms with Gasteiger partial charge in [0.25, 0.3) is 0 Å². The van der Waals surface area contributed by atoms with Crippen molar-refractivity contribution in [1.29, 1.82) is 0 Å². The molecule has 0 saturated carbocycles. The number of rotatable bonds is 3. The summed E-state index contributed by atoms with van der Waals surface area (Å²) in [6.07, 6.45) is 0.628. The van der Waals surface area contributed by atoms with E-state index in [1.807, 2.05) is 13.8 Å². The van der Waals surface area contributed by atoms with Gasteiger partial charge in [0.1, 0.15) is 17.2 Å². The molecule has 2 N–H and O–H groups in total. The van der Waals surface area contributed by atoms with Gasteiger partial charge in [-0.2, -0.15) is 0 Å². The van der Waals surface area contributed by atoms with Crippen LogP contribution in [-0.4, -0.2) is 18.8 Å². The van der Waals surface area contributed by atoms with Crippen molar-refractivity contribution in [2.24, 2.45) is 5.73 Å². The third kappa shape index (κ3) is 2.58. The van der Waals surface area contributed by atoms with E-state index in [2.05, 4.69) is 0 Å². The molecule has 94 valence electrons. The highest BCUT2D eigenvalue weighted by Crippen LogP contribution is 2.38. The molecule has 3 nitrogen and oxygen atoms in total. The van der Waals surface area contributed by atoms with Gasteiger partial charge in [-0.25, -0.2) is 4.39 Å². The van der Waals surface area contributed by atoms with E-state index in [0.29, 0.717) is 25.4 Å². The summed E-state index contributed by atoms with van der Waals surface area (Å²) in [6, 6.07) is 4.26. The topological polar surface area (TPSA) is 44.5 Å². The number of halogens is 1.